The summed E-state index contributed by atoms with van der Waals surface area (Å²) in [5, 5.41) is 8.66. The van der Waals surface area contributed by atoms with Crippen molar-refractivity contribution in [2.24, 2.45) is 17.8 Å². The second kappa shape index (κ2) is 8.90. The van der Waals surface area contributed by atoms with Gasteiger partial charge in [0.1, 0.15) is 0 Å². The second-order valence-electron chi connectivity index (χ2n) is 5.25. The first-order valence-corrected chi connectivity index (χ1v) is 6.84. The molecular formula is C13H26N2S. The lowest BCUT2D eigenvalue weighted by Gasteiger charge is -2.29. The fraction of sp³-hybridized carbons (Fsp3) is 0.923. The van der Waals surface area contributed by atoms with Crippen molar-refractivity contribution in [3.05, 3.63) is 0 Å². The van der Waals surface area contributed by atoms with E-state index in [1.54, 1.807) is 0 Å². The molecular weight excluding hydrogens is 216 g/mol. The molecule has 0 amide bonds. The Labute approximate surface area is 106 Å². The molecule has 0 heterocycles. The molecule has 2 nitrogen and oxygen atoms in total. The Balaban J connectivity index is 4.22. The smallest absolute Gasteiger partial charge is 0.0635 e. The topological polar surface area (TPSA) is 27.0 Å². The molecule has 0 aromatic heterocycles. The van der Waals surface area contributed by atoms with Crippen molar-refractivity contribution in [2.45, 2.75) is 34.1 Å². The van der Waals surface area contributed by atoms with E-state index in [2.05, 4.69) is 51.3 Å². The molecule has 0 saturated heterocycles. The number of hydrogen-bond acceptors (Lipinski definition) is 3. The van der Waals surface area contributed by atoms with Crippen LogP contribution in [0.5, 0.6) is 0 Å². The minimum atomic E-state index is 0.626. The Bertz CT molecular complexity index is 208. The Hall–Kier alpha value is -0.200. The van der Waals surface area contributed by atoms with Gasteiger partial charge in [-0.1, -0.05) is 27.7 Å². The first-order valence-electron chi connectivity index (χ1n) is 6.21. The molecule has 0 saturated carbocycles. The fourth-order valence-corrected chi connectivity index (χ4v) is 2.33. The lowest BCUT2D eigenvalue weighted by molar-refractivity contribution is 0.198. The molecule has 3 heteroatoms. The molecule has 0 spiro atoms. The van der Waals surface area contributed by atoms with Crippen molar-refractivity contribution in [1.29, 1.82) is 5.26 Å². The Morgan fingerprint density at radius 1 is 1.19 bits per heavy atom. The first kappa shape index (κ1) is 15.8. The molecule has 0 aromatic rings. The molecule has 0 N–H and O–H groups in total. The highest BCUT2D eigenvalue weighted by Gasteiger charge is 2.16. The van der Waals surface area contributed by atoms with Gasteiger partial charge < -0.3 is 4.90 Å². The molecule has 1 atom stereocenters. The fourth-order valence-electron chi connectivity index (χ4n) is 1.79. The van der Waals surface area contributed by atoms with Crippen LogP contribution in [0.4, 0.5) is 0 Å². The average molecular weight is 242 g/mol. The summed E-state index contributed by atoms with van der Waals surface area (Å²) in [4.78, 5) is 2.41. The van der Waals surface area contributed by atoms with Crippen molar-refractivity contribution in [2.75, 3.05) is 25.4 Å². The molecule has 0 fully saturated rings. The van der Waals surface area contributed by atoms with Gasteiger partial charge in [-0.3, -0.25) is 0 Å². The van der Waals surface area contributed by atoms with Gasteiger partial charge in [-0.15, -0.1) is 0 Å². The zero-order chi connectivity index (χ0) is 12.6. The maximum Gasteiger partial charge on any atom is 0.0635 e. The summed E-state index contributed by atoms with van der Waals surface area (Å²) in [7, 11) is 0. The standard InChI is InChI=1S/C13H26N2S/c1-11(2)8-15(7-5-6-14)9-13(10-16)12(3)4/h11-13,16H,5,7-10H2,1-4H3. The van der Waals surface area contributed by atoms with Crippen LogP contribution in [0.15, 0.2) is 0 Å². The summed E-state index contributed by atoms with van der Waals surface area (Å²) in [6.07, 6.45) is 0.629. The molecule has 94 valence electrons. The maximum absolute atomic E-state index is 8.66. The molecule has 0 aliphatic carbocycles. The van der Waals surface area contributed by atoms with Crippen molar-refractivity contribution in [3.8, 4) is 6.07 Å². The van der Waals surface area contributed by atoms with Crippen LogP contribution in [-0.2, 0) is 0 Å². The van der Waals surface area contributed by atoms with Crippen LogP contribution >= 0.6 is 12.6 Å². The third kappa shape index (κ3) is 7.14. The third-order valence-corrected chi connectivity index (χ3v) is 3.30. The van der Waals surface area contributed by atoms with Gasteiger partial charge >= 0.3 is 0 Å². The Morgan fingerprint density at radius 2 is 1.81 bits per heavy atom. The number of thiol groups is 1. The highest BCUT2D eigenvalue weighted by Crippen LogP contribution is 2.15. The van der Waals surface area contributed by atoms with Gasteiger partial charge in [-0.2, -0.15) is 17.9 Å². The molecule has 0 rings (SSSR count). The molecule has 0 aromatic carbocycles. The van der Waals surface area contributed by atoms with Crippen molar-refractivity contribution in [3.63, 3.8) is 0 Å². The van der Waals surface area contributed by atoms with Gasteiger partial charge in [0.15, 0.2) is 0 Å². The SMILES string of the molecule is CC(C)CN(CCC#N)CC(CS)C(C)C. The molecule has 0 aliphatic rings. The highest BCUT2D eigenvalue weighted by atomic mass is 32.1. The van der Waals surface area contributed by atoms with E-state index in [1.807, 2.05) is 0 Å². The summed E-state index contributed by atoms with van der Waals surface area (Å²) in [5.74, 6) is 2.88. The van der Waals surface area contributed by atoms with Crippen molar-refractivity contribution < 1.29 is 0 Å². The maximum atomic E-state index is 8.66. The zero-order valence-corrected chi connectivity index (χ0v) is 12.0. The van der Waals surface area contributed by atoms with Gasteiger partial charge in [0, 0.05) is 26.1 Å². The van der Waals surface area contributed by atoms with Crippen LogP contribution in [0, 0.1) is 29.1 Å². The van der Waals surface area contributed by atoms with Crippen LogP contribution in [0.25, 0.3) is 0 Å². The zero-order valence-electron chi connectivity index (χ0n) is 11.1. The van der Waals surface area contributed by atoms with Gasteiger partial charge in [-0.25, -0.2) is 0 Å². The Kier molecular flexibility index (Phi) is 8.78. The van der Waals surface area contributed by atoms with Gasteiger partial charge in [0.2, 0.25) is 0 Å². The van der Waals surface area contributed by atoms with E-state index < -0.39 is 0 Å². The lowest BCUT2D eigenvalue weighted by Crippen LogP contribution is -2.35. The molecule has 1 unspecified atom stereocenters. The summed E-state index contributed by atoms with van der Waals surface area (Å²) < 4.78 is 0. The average Bonchev–Trinajstić information content (AvgIpc) is 2.20. The van der Waals surface area contributed by atoms with Crippen LogP contribution < -0.4 is 0 Å². The number of hydrogen-bond donors (Lipinski definition) is 1. The van der Waals surface area contributed by atoms with E-state index in [1.165, 1.54) is 0 Å². The summed E-state index contributed by atoms with van der Waals surface area (Å²) >= 11 is 4.42. The summed E-state index contributed by atoms with van der Waals surface area (Å²) in [6.45, 7) is 12.0. The third-order valence-electron chi connectivity index (χ3n) is 2.83. The van der Waals surface area contributed by atoms with Gasteiger partial charge in [0.25, 0.3) is 0 Å². The molecule has 16 heavy (non-hydrogen) atoms. The van der Waals surface area contributed by atoms with Gasteiger partial charge in [-0.05, 0) is 23.5 Å². The normalized spacial score (nSPS) is 13.4. The van der Waals surface area contributed by atoms with Gasteiger partial charge in [0.05, 0.1) is 6.07 Å². The van der Waals surface area contributed by atoms with E-state index in [0.29, 0.717) is 24.2 Å². The van der Waals surface area contributed by atoms with Crippen LogP contribution in [0.1, 0.15) is 34.1 Å². The van der Waals surface area contributed by atoms with Crippen molar-refractivity contribution in [1.82, 2.24) is 4.90 Å². The van der Waals surface area contributed by atoms with Crippen molar-refractivity contribution >= 4 is 12.6 Å². The molecule has 0 radical (unpaired) electrons. The van der Waals surface area contributed by atoms with Crippen LogP contribution in [-0.4, -0.2) is 30.3 Å². The van der Waals surface area contributed by atoms with Crippen LogP contribution in [0.2, 0.25) is 0 Å². The largest absolute Gasteiger partial charge is 0.302 e. The van der Waals surface area contributed by atoms with E-state index >= 15 is 0 Å². The van der Waals surface area contributed by atoms with E-state index in [0.717, 1.165) is 25.4 Å². The lowest BCUT2D eigenvalue weighted by atomic mass is 9.97. The Morgan fingerprint density at radius 3 is 2.19 bits per heavy atom. The second-order valence-corrected chi connectivity index (χ2v) is 5.61. The van der Waals surface area contributed by atoms with E-state index in [-0.39, 0.29) is 0 Å². The minimum Gasteiger partial charge on any atom is -0.302 e. The number of nitriles is 1. The monoisotopic (exact) mass is 242 g/mol. The predicted octanol–water partition coefficient (Wildman–Crippen LogP) is 3.06. The van der Waals surface area contributed by atoms with E-state index in [9.17, 15) is 0 Å². The van der Waals surface area contributed by atoms with Crippen LogP contribution in [0.3, 0.4) is 0 Å². The first-order chi connectivity index (χ1) is 7.51. The minimum absolute atomic E-state index is 0.626. The molecule has 0 aliphatic heterocycles. The number of nitrogens with zero attached hydrogens (tertiary/aromatic N) is 2. The molecule has 0 bridgehead atoms. The highest BCUT2D eigenvalue weighted by molar-refractivity contribution is 7.80. The summed E-state index contributed by atoms with van der Waals surface area (Å²) in [6, 6.07) is 2.23. The van der Waals surface area contributed by atoms with E-state index in [4.69, 9.17) is 5.26 Å². The summed E-state index contributed by atoms with van der Waals surface area (Å²) in [5.41, 5.74) is 0. The quantitative estimate of drug-likeness (QED) is 0.662. The number of rotatable bonds is 8. The predicted molar refractivity (Wildman–Crippen MR) is 73.7 cm³/mol.